The first-order valence-electron chi connectivity index (χ1n) is 2.12. The van der Waals surface area contributed by atoms with Crippen LogP contribution in [0, 0.1) is 0 Å². The van der Waals surface area contributed by atoms with E-state index in [1.165, 1.54) is 0 Å². The molecule has 0 amide bonds. The molecule has 0 aliphatic rings. The molecular formula is C3H8F2NP. The van der Waals surface area contributed by atoms with Crippen molar-refractivity contribution in [1.29, 1.82) is 0 Å². The third-order valence-corrected chi connectivity index (χ3v) is 0.944. The van der Waals surface area contributed by atoms with E-state index in [-0.39, 0.29) is 0 Å². The molecule has 0 radical (unpaired) electrons. The highest BCUT2D eigenvalue weighted by Crippen LogP contribution is 2.32. The van der Waals surface area contributed by atoms with Gasteiger partial charge in [0, 0.05) is 6.54 Å². The molecular weight excluding hydrogens is 119 g/mol. The van der Waals surface area contributed by atoms with Gasteiger partial charge in [0.05, 0.1) is 0 Å². The van der Waals surface area contributed by atoms with Crippen LogP contribution in [-0.2, 0) is 0 Å². The van der Waals surface area contributed by atoms with Gasteiger partial charge in [-0.05, 0) is 6.42 Å². The predicted octanol–water partition coefficient (Wildman–Crippen LogP) is 2.15. The molecule has 44 valence electrons. The first kappa shape index (κ1) is 7.25. The maximum atomic E-state index is 11.2. The summed E-state index contributed by atoms with van der Waals surface area (Å²) in [5.74, 6) is 0. The standard InChI is InChI=1S/C3H8F2NP/c1-2-3-6-7(4)5/h6H,2-3H2,1H3. The molecule has 0 fully saturated rings. The molecule has 1 N–H and O–H groups in total. The molecule has 0 heterocycles. The van der Waals surface area contributed by atoms with Crippen molar-refractivity contribution in [1.82, 2.24) is 5.09 Å². The van der Waals surface area contributed by atoms with Crippen LogP contribution < -0.4 is 5.09 Å². The van der Waals surface area contributed by atoms with Crippen LogP contribution in [0.15, 0.2) is 0 Å². The minimum Gasteiger partial charge on any atom is -0.243 e. The number of nitrogens with one attached hydrogen (secondary N) is 1. The third-order valence-electron chi connectivity index (χ3n) is 0.481. The third kappa shape index (κ3) is 6.25. The van der Waals surface area contributed by atoms with E-state index >= 15 is 0 Å². The van der Waals surface area contributed by atoms with Crippen molar-refractivity contribution in [3.05, 3.63) is 0 Å². The van der Waals surface area contributed by atoms with Crippen molar-refractivity contribution in [2.45, 2.75) is 13.3 Å². The summed E-state index contributed by atoms with van der Waals surface area (Å²) in [6, 6.07) is 0. The fraction of sp³-hybridized carbons (Fsp3) is 1.00. The lowest BCUT2D eigenvalue weighted by atomic mass is 10.5. The summed E-state index contributed by atoms with van der Waals surface area (Å²) in [7, 11) is -2.86. The number of halogens is 2. The van der Waals surface area contributed by atoms with Gasteiger partial charge in [0.25, 0.3) is 0 Å². The van der Waals surface area contributed by atoms with Crippen LogP contribution in [0.5, 0.6) is 0 Å². The lowest BCUT2D eigenvalue weighted by Gasteiger charge is -1.94. The maximum Gasteiger partial charge on any atom is 0.342 e. The first-order chi connectivity index (χ1) is 3.27. The monoisotopic (exact) mass is 127 g/mol. The Balaban J connectivity index is 2.68. The second-order valence-electron chi connectivity index (χ2n) is 1.14. The maximum absolute atomic E-state index is 11.2. The van der Waals surface area contributed by atoms with Gasteiger partial charge in [-0.25, -0.2) is 5.09 Å². The highest BCUT2D eigenvalue weighted by atomic mass is 31.2. The molecule has 0 atom stereocenters. The van der Waals surface area contributed by atoms with Crippen molar-refractivity contribution in [3.8, 4) is 0 Å². The molecule has 0 bridgehead atoms. The molecule has 4 heteroatoms. The summed E-state index contributed by atoms with van der Waals surface area (Å²) in [5.41, 5.74) is 0. The molecule has 0 saturated carbocycles. The van der Waals surface area contributed by atoms with Crippen molar-refractivity contribution in [2.75, 3.05) is 6.54 Å². The molecule has 1 nitrogen and oxygen atoms in total. The fourth-order valence-corrected chi connectivity index (χ4v) is 0.589. The first-order valence-corrected chi connectivity index (χ1v) is 3.25. The van der Waals surface area contributed by atoms with E-state index in [2.05, 4.69) is 0 Å². The molecule has 0 unspecified atom stereocenters. The van der Waals surface area contributed by atoms with Gasteiger partial charge >= 0.3 is 8.69 Å². The summed E-state index contributed by atoms with van der Waals surface area (Å²) < 4.78 is 22.4. The van der Waals surface area contributed by atoms with Gasteiger partial charge in [0.1, 0.15) is 0 Å². The molecule has 0 aliphatic carbocycles. The lowest BCUT2D eigenvalue weighted by Crippen LogP contribution is -2.01. The minimum atomic E-state index is -2.86. The largest absolute Gasteiger partial charge is 0.342 e. The summed E-state index contributed by atoms with van der Waals surface area (Å²) in [4.78, 5) is 0. The lowest BCUT2D eigenvalue weighted by molar-refractivity contribution is 0.692. The van der Waals surface area contributed by atoms with Gasteiger partial charge in [-0.3, -0.25) is 0 Å². The van der Waals surface area contributed by atoms with E-state index in [1.54, 1.807) is 0 Å². The summed E-state index contributed by atoms with van der Waals surface area (Å²) >= 11 is 0. The van der Waals surface area contributed by atoms with Crippen molar-refractivity contribution >= 4 is 8.69 Å². The van der Waals surface area contributed by atoms with E-state index < -0.39 is 8.69 Å². The molecule has 0 aromatic carbocycles. The van der Waals surface area contributed by atoms with E-state index in [0.717, 1.165) is 6.42 Å². The average Bonchev–Trinajstić information content (AvgIpc) is 1.61. The van der Waals surface area contributed by atoms with Crippen molar-refractivity contribution in [2.24, 2.45) is 0 Å². The summed E-state index contributed by atoms with van der Waals surface area (Å²) in [5, 5.41) is 2.03. The quantitative estimate of drug-likeness (QED) is 0.572. The van der Waals surface area contributed by atoms with Gasteiger partial charge < -0.3 is 0 Å². The Bertz CT molecular complexity index is 41.9. The van der Waals surface area contributed by atoms with Crippen LogP contribution in [0.1, 0.15) is 13.3 Å². The van der Waals surface area contributed by atoms with Crippen LogP contribution >= 0.6 is 8.69 Å². The second-order valence-corrected chi connectivity index (χ2v) is 1.92. The number of rotatable bonds is 3. The fourth-order valence-electron chi connectivity index (χ4n) is 0.196. The van der Waals surface area contributed by atoms with Crippen LogP contribution in [0.25, 0.3) is 0 Å². The number of hydrogen-bond donors (Lipinski definition) is 1. The Morgan fingerprint density at radius 1 is 1.57 bits per heavy atom. The van der Waals surface area contributed by atoms with Gasteiger partial charge in [-0.2, -0.15) is 8.39 Å². The van der Waals surface area contributed by atoms with E-state index in [9.17, 15) is 8.39 Å². The van der Waals surface area contributed by atoms with Crippen LogP contribution in [0.3, 0.4) is 0 Å². The molecule has 0 aromatic rings. The highest BCUT2D eigenvalue weighted by molar-refractivity contribution is 7.43. The zero-order chi connectivity index (χ0) is 5.70. The molecule has 0 aliphatic heterocycles. The Kier molecular flexibility index (Phi) is 4.57. The van der Waals surface area contributed by atoms with E-state index in [1.807, 2.05) is 12.0 Å². The topological polar surface area (TPSA) is 12.0 Å². The Hall–Kier alpha value is 0.250. The molecule has 0 aromatic heterocycles. The predicted molar refractivity (Wildman–Crippen MR) is 27.4 cm³/mol. The van der Waals surface area contributed by atoms with Crippen LogP contribution in [0.4, 0.5) is 8.39 Å². The smallest absolute Gasteiger partial charge is 0.243 e. The molecule has 7 heavy (non-hydrogen) atoms. The minimum absolute atomic E-state index is 0.429. The summed E-state index contributed by atoms with van der Waals surface area (Å²) in [6.45, 7) is 2.28. The van der Waals surface area contributed by atoms with Gasteiger partial charge in [-0.15, -0.1) is 0 Å². The average molecular weight is 127 g/mol. The van der Waals surface area contributed by atoms with Crippen molar-refractivity contribution < 1.29 is 8.39 Å². The second kappa shape index (κ2) is 4.41. The molecule has 0 saturated heterocycles. The zero-order valence-electron chi connectivity index (χ0n) is 4.12. The molecule has 0 spiro atoms. The normalized spacial score (nSPS) is 10.3. The van der Waals surface area contributed by atoms with E-state index in [0.29, 0.717) is 6.54 Å². The van der Waals surface area contributed by atoms with Gasteiger partial charge in [-0.1, -0.05) is 6.92 Å². The molecule has 0 rings (SSSR count). The van der Waals surface area contributed by atoms with Gasteiger partial charge in [0.15, 0.2) is 0 Å². The zero-order valence-corrected chi connectivity index (χ0v) is 5.01. The summed E-state index contributed by atoms with van der Waals surface area (Å²) in [6.07, 6.45) is 0.771. The Labute approximate surface area is 43.2 Å². The Morgan fingerprint density at radius 3 is 2.29 bits per heavy atom. The number of hydrogen-bond acceptors (Lipinski definition) is 1. The van der Waals surface area contributed by atoms with E-state index in [4.69, 9.17) is 0 Å². The van der Waals surface area contributed by atoms with Crippen molar-refractivity contribution in [3.63, 3.8) is 0 Å². The van der Waals surface area contributed by atoms with Crippen LogP contribution in [0.2, 0.25) is 0 Å². The SMILES string of the molecule is CCCNP(F)F. The van der Waals surface area contributed by atoms with Gasteiger partial charge in [0.2, 0.25) is 0 Å². The Morgan fingerprint density at radius 2 is 2.14 bits per heavy atom. The highest BCUT2D eigenvalue weighted by Gasteiger charge is 1.97. The van der Waals surface area contributed by atoms with Crippen LogP contribution in [-0.4, -0.2) is 6.54 Å².